The lowest BCUT2D eigenvalue weighted by Crippen LogP contribution is -2.44. The van der Waals surface area contributed by atoms with Gasteiger partial charge in [-0.05, 0) is 62.7 Å². The number of aliphatic hydroxyl groups is 2. The highest BCUT2D eigenvalue weighted by Crippen LogP contribution is 2.51. The Balaban J connectivity index is 1.55. The van der Waals surface area contributed by atoms with Crippen LogP contribution in [0.1, 0.15) is 70.6 Å². The van der Waals surface area contributed by atoms with E-state index in [2.05, 4.69) is 17.9 Å². The summed E-state index contributed by atoms with van der Waals surface area (Å²) in [7, 11) is 0. The highest BCUT2D eigenvalue weighted by Gasteiger charge is 2.46. The topological polar surface area (TPSA) is 77.8 Å². The predicted molar refractivity (Wildman–Crippen MR) is 100 cm³/mol. The molecule has 5 atom stereocenters. The van der Waals surface area contributed by atoms with E-state index in [0.29, 0.717) is 24.2 Å². The Labute approximate surface area is 156 Å². The van der Waals surface area contributed by atoms with Gasteiger partial charge < -0.3 is 15.3 Å². The number of hydrogen-bond acceptors (Lipinski definition) is 3. The van der Waals surface area contributed by atoms with Crippen molar-refractivity contribution in [2.45, 2.75) is 82.8 Å². The van der Waals surface area contributed by atoms with Crippen molar-refractivity contribution in [1.29, 1.82) is 0 Å². The van der Waals surface area contributed by atoms with Gasteiger partial charge in [-0.15, -0.1) is 0 Å². The molecule has 0 aromatic carbocycles. The molecule has 4 nitrogen and oxygen atoms in total. The van der Waals surface area contributed by atoms with Crippen LogP contribution in [0.25, 0.3) is 0 Å². The summed E-state index contributed by atoms with van der Waals surface area (Å²) in [6.45, 7) is 0. The van der Waals surface area contributed by atoms with Gasteiger partial charge >= 0.3 is 5.97 Å². The quantitative estimate of drug-likeness (QED) is 0.398. The third-order valence-corrected chi connectivity index (χ3v) is 6.61. The maximum absolute atomic E-state index is 10.6. The largest absolute Gasteiger partial charge is 0.481 e. The Morgan fingerprint density at radius 3 is 2.69 bits per heavy atom. The minimum Gasteiger partial charge on any atom is -0.481 e. The molecule has 3 saturated carbocycles. The van der Waals surface area contributed by atoms with Crippen molar-refractivity contribution < 1.29 is 20.1 Å². The highest BCUT2D eigenvalue weighted by molar-refractivity contribution is 5.66. The molecule has 0 aliphatic heterocycles. The molecule has 3 rings (SSSR count). The molecule has 144 valence electrons. The molecular formula is C22H32O4. The van der Waals surface area contributed by atoms with Gasteiger partial charge in [0, 0.05) is 6.42 Å². The first-order valence-electron chi connectivity index (χ1n) is 10.3. The van der Waals surface area contributed by atoms with E-state index in [1.807, 2.05) is 0 Å². The number of fused-ring (bicyclic) bond motifs is 1. The first-order valence-corrected chi connectivity index (χ1v) is 10.3. The Hall–Kier alpha value is -1.31. The van der Waals surface area contributed by atoms with Crippen LogP contribution >= 0.6 is 0 Å². The molecule has 3 aliphatic rings. The summed E-state index contributed by atoms with van der Waals surface area (Å²) >= 11 is 0. The zero-order valence-corrected chi connectivity index (χ0v) is 15.6. The van der Waals surface area contributed by atoms with Crippen LogP contribution in [0.15, 0.2) is 11.6 Å². The van der Waals surface area contributed by atoms with Crippen molar-refractivity contribution in [1.82, 2.24) is 0 Å². The molecule has 0 radical (unpaired) electrons. The second-order valence-corrected chi connectivity index (χ2v) is 8.34. The van der Waals surface area contributed by atoms with Crippen LogP contribution in [0.2, 0.25) is 0 Å². The molecule has 0 spiro atoms. The number of rotatable bonds is 5. The Kier molecular flexibility index (Phi) is 6.78. The maximum Gasteiger partial charge on any atom is 0.303 e. The molecule has 0 heterocycles. The number of carbonyl (C=O) groups is 1. The SMILES string of the molecule is O=C(O)CCC/C=C1/C[C@H]2[C@H](C#CC(O)C3CCCCC3)[C@@H](O)CC[C@@H]12. The van der Waals surface area contributed by atoms with Gasteiger partial charge in [0.1, 0.15) is 6.10 Å². The van der Waals surface area contributed by atoms with Crippen LogP contribution in [-0.4, -0.2) is 33.5 Å². The van der Waals surface area contributed by atoms with Gasteiger partial charge in [-0.1, -0.05) is 42.8 Å². The minimum atomic E-state index is -0.734. The van der Waals surface area contributed by atoms with E-state index in [1.54, 1.807) is 0 Å². The Morgan fingerprint density at radius 2 is 1.96 bits per heavy atom. The second-order valence-electron chi connectivity index (χ2n) is 8.34. The van der Waals surface area contributed by atoms with E-state index in [0.717, 1.165) is 38.5 Å². The molecule has 0 aromatic heterocycles. The summed E-state index contributed by atoms with van der Waals surface area (Å²) in [6.07, 6.45) is 11.5. The third kappa shape index (κ3) is 4.69. The summed E-state index contributed by atoms with van der Waals surface area (Å²) < 4.78 is 0. The Bertz CT molecular complexity index is 579. The average Bonchev–Trinajstić information content (AvgIpc) is 2.62. The fourth-order valence-electron chi connectivity index (χ4n) is 5.00. The molecule has 0 bridgehead atoms. The summed E-state index contributed by atoms with van der Waals surface area (Å²) in [4.78, 5) is 10.6. The summed E-state index contributed by atoms with van der Waals surface area (Å²) in [5.41, 5.74) is 1.42. The summed E-state index contributed by atoms with van der Waals surface area (Å²) in [6, 6.07) is 0. The average molecular weight is 360 g/mol. The van der Waals surface area contributed by atoms with Gasteiger partial charge in [0.25, 0.3) is 0 Å². The van der Waals surface area contributed by atoms with Crippen LogP contribution in [-0.2, 0) is 4.79 Å². The van der Waals surface area contributed by atoms with Crippen molar-refractivity contribution in [2.24, 2.45) is 23.7 Å². The van der Waals surface area contributed by atoms with Crippen molar-refractivity contribution in [3.8, 4) is 11.8 Å². The second kappa shape index (κ2) is 9.06. The number of aliphatic carboxylic acids is 1. The lowest BCUT2D eigenvalue weighted by Gasteiger charge is -2.48. The number of allylic oxidation sites excluding steroid dienone is 2. The van der Waals surface area contributed by atoms with Gasteiger partial charge in [-0.3, -0.25) is 4.79 Å². The molecule has 26 heavy (non-hydrogen) atoms. The van der Waals surface area contributed by atoms with E-state index in [4.69, 9.17) is 5.11 Å². The van der Waals surface area contributed by atoms with Gasteiger partial charge in [0.05, 0.1) is 12.0 Å². The zero-order valence-electron chi connectivity index (χ0n) is 15.6. The number of carboxylic acid groups (broad SMARTS) is 1. The monoisotopic (exact) mass is 360 g/mol. The maximum atomic E-state index is 10.6. The van der Waals surface area contributed by atoms with Crippen molar-refractivity contribution in [3.05, 3.63) is 11.6 Å². The Morgan fingerprint density at radius 1 is 1.19 bits per heavy atom. The molecule has 4 heteroatoms. The van der Waals surface area contributed by atoms with Gasteiger partial charge in [0.15, 0.2) is 0 Å². The lowest BCUT2D eigenvalue weighted by atomic mass is 9.57. The smallest absolute Gasteiger partial charge is 0.303 e. The van der Waals surface area contributed by atoms with Crippen molar-refractivity contribution in [2.75, 3.05) is 0 Å². The van der Waals surface area contributed by atoms with E-state index in [-0.39, 0.29) is 18.4 Å². The molecule has 0 saturated heterocycles. The minimum absolute atomic E-state index is 0.0249. The van der Waals surface area contributed by atoms with E-state index in [1.165, 1.54) is 24.8 Å². The zero-order chi connectivity index (χ0) is 18.5. The van der Waals surface area contributed by atoms with Crippen LogP contribution in [0, 0.1) is 35.5 Å². The number of hydrogen-bond donors (Lipinski definition) is 3. The standard InChI is InChI=1S/C22H32O4/c23-20(15-6-2-1-3-7-15)12-11-18-19-14-16(8-4-5-9-22(25)26)17(19)10-13-21(18)24/h8,15,17-21,23-24H,1-7,9-10,13-14H2,(H,25,26)/b16-8-/t17-,18-,19+,20?,21-/m0/s1. The molecule has 0 aromatic rings. The van der Waals surface area contributed by atoms with Crippen LogP contribution < -0.4 is 0 Å². The molecule has 3 fully saturated rings. The van der Waals surface area contributed by atoms with E-state index in [9.17, 15) is 15.0 Å². The molecular weight excluding hydrogens is 328 g/mol. The lowest BCUT2D eigenvalue weighted by molar-refractivity contribution is -0.137. The normalized spacial score (nSPS) is 34.3. The first kappa shape index (κ1) is 19.5. The van der Waals surface area contributed by atoms with Gasteiger partial charge in [-0.25, -0.2) is 0 Å². The predicted octanol–water partition coefficient (Wildman–Crippen LogP) is 3.52. The summed E-state index contributed by atoms with van der Waals surface area (Å²) in [5, 5.41) is 29.5. The number of aliphatic hydroxyl groups excluding tert-OH is 2. The highest BCUT2D eigenvalue weighted by atomic mass is 16.4. The van der Waals surface area contributed by atoms with Crippen molar-refractivity contribution in [3.63, 3.8) is 0 Å². The fraction of sp³-hybridized carbons (Fsp3) is 0.773. The molecule has 3 N–H and O–H groups in total. The summed E-state index contributed by atoms with van der Waals surface area (Å²) in [5.74, 6) is 6.76. The molecule has 0 amide bonds. The number of carboxylic acids is 1. The van der Waals surface area contributed by atoms with Gasteiger partial charge in [-0.2, -0.15) is 0 Å². The van der Waals surface area contributed by atoms with Crippen LogP contribution in [0.3, 0.4) is 0 Å². The fourth-order valence-corrected chi connectivity index (χ4v) is 5.00. The first-order chi connectivity index (χ1) is 12.6. The molecule has 3 aliphatic carbocycles. The third-order valence-electron chi connectivity index (χ3n) is 6.61. The van der Waals surface area contributed by atoms with E-state index < -0.39 is 12.1 Å². The van der Waals surface area contributed by atoms with Gasteiger partial charge in [0.2, 0.25) is 0 Å². The van der Waals surface area contributed by atoms with E-state index >= 15 is 0 Å². The van der Waals surface area contributed by atoms with Crippen LogP contribution in [0.5, 0.6) is 0 Å². The van der Waals surface area contributed by atoms with Crippen molar-refractivity contribution >= 4 is 5.97 Å². The molecule has 1 unspecified atom stereocenters. The number of unbranched alkanes of at least 4 members (excludes halogenated alkanes) is 1. The van der Waals surface area contributed by atoms with Crippen LogP contribution in [0.4, 0.5) is 0 Å².